The Morgan fingerprint density at radius 3 is 2.53 bits per heavy atom. The fourth-order valence-electron chi connectivity index (χ4n) is 3.04. The Hall–Kier alpha value is -1.73. The van der Waals surface area contributed by atoms with Gasteiger partial charge in [-0.3, -0.25) is 0 Å². The minimum Gasteiger partial charge on any atom is -0.172 e. The van der Waals surface area contributed by atoms with Crippen molar-refractivity contribution in [1.82, 2.24) is 0 Å². The summed E-state index contributed by atoms with van der Waals surface area (Å²) in [5.41, 5.74) is 3.09. The van der Waals surface area contributed by atoms with Crippen molar-refractivity contribution in [3.05, 3.63) is 77.2 Å². The molecule has 4 rings (SSSR count). The lowest BCUT2D eigenvalue weighted by Crippen LogP contribution is -1.88. The van der Waals surface area contributed by atoms with Gasteiger partial charge in [0.1, 0.15) is 0 Å². The molecule has 0 amide bonds. The zero-order valence-electron chi connectivity index (χ0n) is 10.7. The number of hydrogen-bond donors (Lipinski definition) is 1. The van der Waals surface area contributed by atoms with E-state index in [9.17, 15) is 0 Å². The predicted molar refractivity (Wildman–Crippen MR) is 83.7 cm³/mol. The van der Waals surface area contributed by atoms with E-state index >= 15 is 0 Å². The molecule has 1 atom stereocenters. The first-order chi connectivity index (χ1) is 9.45. The average molecular weight is 264 g/mol. The molecule has 2 aliphatic rings. The highest BCUT2D eigenvalue weighted by Gasteiger charge is 2.28. The second kappa shape index (κ2) is 4.43. The standard InChI is InChI=1S/C18H16S/c1-2-8-14(9-3-1)19-17-12-6-4-10-15(17)16-11-5-7-13-18(16)19/h1-4,6-10,12-13,19H,5,11H2. The van der Waals surface area contributed by atoms with Crippen molar-refractivity contribution in [1.29, 1.82) is 0 Å². The summed E-state index contributed by atoms with van der Waals surface area (Å²) in [6, 6.07) is 19.9. The van der Waals surface area contributed by atoms with Crippen LogP contribution in [0.15, 0.2) is 81.4 Å². The Kier molecular flexibility index (Phi) is 2.59. The third-order valence-corrected chi connectivity index (χ3v) is 6.46. The quantitative estimate of drug-likeness (QED) is 0.674. The third-order valence-electron chi connectivity index (χ3n) is 3.87. The minimum atomic E-state index is -0.321. The Labute approximate surface area is 116 Å². The topological polar surface area (TPSA) is 0 Å². The van der Waals surface area contributed by atoms with Crippen LogP contribution in [0.4, 0.5) is 0 Å². The molecule has 0 fully saturated rings. The van der Waals surface area contributed by atoms with Gasteiger partial charge in [0.05, 0.1) is 0 Å². The van der Waals surface area contributed by atoms with E-state index in [2.05, 4.69) is 66.7 Å². The van der Waals surface area contributed by atoms with Crippen molar-refractivity contribution in [2.45, 2.75) is 22.6 Å². The molecule has 1 unspecified atom stereocenters. The number of fused-ring (bicyclic) bond motifs is 2. The summed E-state index contributed by atoms with van der Waals surface area (Å²) < 4.78 is 0. The summed E-state index contributed by atoms with van der Waals surface area (Å²) >= 11 is 0. The number of benzene rings is 2. The van der Waals surface area contributed by atoms with Gasteiger partial charge in [-0.2, -0.15) is 10.9 Å². The molecule has 0 saturated heterocycles. The lowest BCUT2D eigenvalue weighted by molar-refractivity contribution is 1.05. The molecular weight excluding hydrogens is 248 g/mol. The van der Waals surface area contributed by atoms with E-state index in [-0.39, 0.29) is 10.9 Å². The predicted octanol–water partition coefficient (Wildman–Crippen LogP) is 5.18. The molecule has 0 bridgehead atoms. The van der Waals surface area contributed by atoms with Gasteiger partial charge >= 0.3 is 0 Å². The van der Waals surface area contributed by atoms with E-state index in [4.69, 9.17) is 0 Å². The molecule has 94 valence electrons. The summed E-state index contributed by atoms with van der Waals surface area (Å²) in [7, 11) is -0.321. The number of allylic oxidation sites excluding steroid dienone is 3. The van der Waals surface area contributed by atoms with Crippen molar-refractivity contribution in [3.8, 4) is 0 Å². The maximum atomic E-state index is 2.37. The zero-order valence-corrected chi connectivity index (χ0v) is 11.6. The van der Waals surface area contributed by atoms with Crippen LogP contribution in [0.1, 0.15) is 18.4 Å². The number of thiol groups is 1. The Bertz CT molecular complexity index is 680. The molecule has 1 aliphatic heterocycles. The molecule has 2 aromatic carbocycles. The monoisotopic (exact) mass is 264 g/mol. The molecule has 1 heteroatoms. The number of rotatable bonds is 1. The van der Waals surface area contributed by atoms with Gasteiger partial charge in [-0.25, -0.2) is 0 Å². The molecule has 0 nitrogen and oxygen atoms in total. The van der Waals surface area contributed by atoms with Crippen LogP contribution in [0.3, 0.4) is 0 Å². The van der Waals surface area contributed by atoms with Crippen LogP contribution < -0.4 is 0 Å². The second-order valence-electron chi connectivity index (χ2n) is 4.99. The van der Waals surface area contributed by atoms with E-state index in [1.807, 2.05) is 0 Å². The highest BCUT2D eigenvalue weighted by Crippen LogP contribution is 2.62. The fraction of sp³-hybridized carbons (Fsp3) is 0.111. The van der Waals surface area contributed by atoms with Gasteiger partial charge in [-0.15, -0.1) is 0 Å². The summed E-state index contributed by atoms with van der Waals surface area (Å²) in [5, 5.41) is 0. The van der Waals surface area contributed by atoms with Gasteiger partial charge in [-0.1, -0.05) is 48.6 Å². The van der Waals surface area contributed by atoms with Crippen LogP contribution in [0.5, 0.6) is 0 Å². The maximum absolute atomic E-state index is 2.37. The Morgan fingerprint density at radius 2 is 1.63 bits per heavy atom. The van der Waals surface area contributed by atoms with Crippen LogP contribution in [0.25, 0.3) is 5.57 Å². The van der Waals surface area contributed by atoms with Gasteiger partial charge in [0.2, 0.25) is 0 Å². The summed E-state index contributed by atoms with van der Waals surface area (Å²) in [6.07, 6.45) is 7.10. The third kappa shape index (κ3) is 1.69. The molecular formula is C18H16S. The first kappa shape index (κ1) is 11.1. The molecule has 0 spiro atoms. The highest BCUT2D eigenvalue weighted by atomic mass is 32.2. The van der Waals surface area contributed by atoms with Crippen molar-refractivity contribution >= 4 is 16.5 Å². The molecule has 0 saturated carbocycles. The maximum Gasteiger partial charge on any atom is 0.00309 e. The SMILES string of the molecule is C1=CC2=C(CC1)c1ccccc1[SH]2c1ccccc1. The lowest BCUT2D eigenvalue weighted by atomic mass is 9.98. The summed E-state index contributed by atoms with van der Waals surface area (Å²) in [6.45, 7) is 0. The van der Waals surface area contributed by atoms with E-state index < -0.39 is 0 Å². The van der Waals surface area contributed by atoms with Crippen molar-refractivity contribution in [2.75, 3.05) is 0 Å². The molecule has 0 N–H and O–H groups in total. The van der Waals surface area contributed by atoms with E-state index in [1.165, 1.54) is 23.3 Å². The van der Waals surface area contributed by atoms with Crippen LogP contribution in [0, 0.1) is 0 Å². The lowest BCUT2D eigenvalue weighted by Gasteiger charge is -2.21. The van der Waals surface area contributed by atoms with E-state index in [1.54, 1.807) is 15.4 Å². The number of hydrogen-bond acceptors (Lipinski definition) is 0. The highest BCUT2D eigenvalue weighted by molar-refractivity contribution is 8.21. The van der Waals surface area contributed by atoms with Crippen molar-refractivity contribution < 1.29 is 0 Å². The van der Waals surface area contributed by atoms with Crippen molar-refractivity contribution in [3.63, 3.8) is 0 Å². The second-order valence-corrected chi connectivity index (χ2v) is 7.14. The van der Waals surface area contributed by atoms with Crippen LogP contribution >= 0.6 is 10.9 Å². The average Bonchev–Trinajstić information content (AvgIpc) is 2.83. The Balaban J connectivity index is 1.95. The molecule has 19 heavy (non-hydrogen) atoms. The first-order valence-electron chi connectivity index (χ1n) is 6.79. The normalized spacial score (nSPS) is 22.2. The summed E-state index contributed by atoms with van der Waals surface area (Å²) in [4.78, 5) is 4.59. The summed E-state index contributed by atoms with van der Waals surface area (Å²) in [5.74, 6) is 0. The Morgan fingerprint density at radius 1 is 0.842 bits per heavy atom. The first-order valence-corrected chi connectivity index (χ1v) is 8.13. The van der Waals surface area contributed by atoms with Crippen LogP contribution in [-0.4, -0.2) is 0 Å². The van der Waals surface area contributed by atoms with Gasteiger partial charge in [0.15, 0.2) is 0 Å². The van der Waals surface area contributed by atoms with E-state index in [0.29, 0.717) is 0 Å². The van der Waals surface area contributed by atoms with Crippen molar-refractivity contribution in [2.24, 2.45) is 0 Å². The molecule has 2 aromatic rings. The molecule has 1 aliphatic carbocycles. The van der Waals surface area contributed by atoms with Crippen LogP contribution in [-0.2, 0) is 0 Å². The molecule has 0 radical (unpaired) electrons. The molecule has 1 heterocycles. The largest absolute Gasteiger partial charge is 0.172 e. The van der Waals surface area contributed by atoms with Gasteiger partial charge in [-0.05, 0) is 52.0 Å². The van der Waals surface area contributed by atoms with E-state index in [0.717, 1.165) is 0 Å². The smallest absolute Gasteiger partial charge is 0.00309 e. The van der Waals surface area contributed by atoms with Gasteiger partial charge in [0.25, 0.3) is 0 Å². The van der Waals surface area contributed by atoms with Crippen LogP contribution in [0.2, 0.25) is 0 Å². The minimum absolute atomic E-state index is 0.321. The van der Waals surface area contributed by atoms with Gasteiger partial charge < -0.3 is 0 Å². The zero-order chi connectivity index (χ0) is 12.7. The van der Waals surface area contributed by atoms with Gasteiger partial charge in [0, 0.05) is 4.90 Å². The molecule has 0 aromatic heterocycles. The fourth-order valence-corrected chi connectivity index (χ4v) is 5.77.